The average molecular weight is 163 g/mol. The summed E-state index contributed by atoms with van der Waals surface area (Å²) in [5.41, 5.74) is 3.83. The molecule has 0 spiro atoms. The van der Waals surface area contributed by atoms with Gasteiger partial charge in [-0.15, -0.1) is 0 Å². The van der Waals surface area contributed by atoms with E-state index in [1.165, 1.54) is 28.0 Å². The molecule has 2 heteroatoms. The first-order chi connectivity index (χ1) is 5.29. The van der Waals surface area contributed by atoms with E-state index in [-0.39, 0.29) is 0 Å². The molecule has 1 aromatic carbocycles. The maximum Gasteiger partial charge on any atom is 0.0843 e. The van der Waals surface area contributed by atoms with Gasteiger partial charge in [-0.05, 0) is 42.6 Å². The number of nitrogens with zero attached hydrogens (tertiary/aromatic N) is 1. The molecule has 0 fully saturated rings. The Morgan fingerprint density at radius 2 is 2.09 bits per heavy atom. The van der Waals surface area contributed by atoms with Crippen molar-refractivity contribution in [2.75, 3.05) is 0 Å². The summed E-state index contributed by atoms with van der Waals surface area (Å²) in [7, 11) is 0. The Bertz CT molecular complexity index is 389. The van der Waals surface area contributed by atoms with Crippen LogP contribution >= 0.6 is 11.5 Å². The minimum absolute atomic E-state index is 1.12. The second-order valence-electron chi connectivity index (χ2n) is 2.75. The summed E-state index contributed by atoms with van der Waals surface area (Å²) in [5.74, 6) is 0. The van der Waals surface area contributed by atoms with Gasteiger partial charge in [-0.3, -0.25) is 0 Å². The topological polar surface area (TPSA) is 12.9 Å². The van der Waals surface area contributed by atoms with E-state index in [0.717, 1.165) is 5.52 Å². The van der Waals surface area contributed by atoms with Crippen LogP contribution in [0.2, 0.25) is 0 Å². The zero-order chi connectivity index (χ0) is 7.84. The van der Waals surface area contributed by atoms with Crippen molar-refractivity contribution in [3.8, 4) is 0 Å². The lowest BCUT2D eigenvalue weighted by Crippen LogP contribution is -1.79. The van der Waals surface area contributed by atoms with E-state index < -0.39 is 0 Å². The van der Waals surface area contributed by atoms with Crippen molar-refractivity contribution >= 4 is 22.4 Å². The number of rotatable bonds is 0. The lowest BCUT2D eigenvalue weighted by Gasteiger charge is -1.98. The Kier molecular flexibility index (Phi) is 1.43. The molecule has 0 bridgehead atoms. The molecule has 0 aliphatic heterocycles. The van der Waals surface area contributed by atoms with Gasteiger partial charge in [0.15, 0.2) is 0 Å². The van der Waals surface area contributed by atoms with Crippen molar-refractivity contribution in [3.05, 3.63) is 28.6 Å². The zero-order valence-corrected chi connectivity index (χ0v) is 7.40. The van der Waals surface area contributed by atoms with Crippen LogP contribution in [0.25, 0.3) is 10.9 Å². The molecule has 0 radical (unpaired) electrons. The highest BCUT2D eigenvalue weighted by Crippen LogP contribution is 2.21. The minimum atomic E-state index is 1.12. The van der Waals surface area contributed by atoms with Gasteiger partial charge in [0.05, 0.1) is 5.52 Å². The fourth-order valence-corrected chi connectivity index (χ4v) is 1.92. The van der Waals surface area contributed by atoms with Crippen LogP contribution in [-0.4, -0.2) is 4.37 Å². The summed E-state index contributed by atoms with van der Waals surface area (Å²) in [6.45, 7) is 4.28. The Morgan fingerprint density at radius 1 is 1.27 bits per heavy atom. The normalized spacial score (nSPS) is 10.7. The quantitative estimate of drug-likeness (QED) is 0.582. The number of benzene rings is 1. The van der Waals surface area contributed by atoms with E-state index in [1.807, 2.05) is 0 Å². The van der Waals surface area contributed by atoms with E-state index in [1.54, 1.807) is 0 Å². The second kappa shape index (κ2) is 2.31. The van der Waals surface area contributed by atoms with Gasteiger partial charge in [0.1, 0.15) is 0 Å². The molecule has 0 atom stereocenters. The molecule has 0 amide bonds. The average Bonchev–Trinajstić information content (AvgIpc) is 2.45. The first-order valence-corrected chi connectivity index (χ1v) is 4.43. The summed E-state index contributed by atoms with van der Waals surface area (Å²) in [6, 6.07) is 4.20. The highest BCUT2D eigenvalue weighted by atomic mass is 32.1. The van der Waals surface area contributed by atoms with Crippen LogP contribution in [0, 0.1) is 13.8 Å². The van der Waals surface area contributed by atoms with Gasteiger partial charge in [0, 0.05) is 10.8 Å². The van der Waals surface area contributed by atoms with Crippen molar-refractivity contribution < 1.29 is 0 Å². The van der Waals surface area contributed by atoms with E-state index in [2.05, 4.69) is 35.7 Å². The number of hydrogen-bond donors (Lipinski definition) is 0. The molecule has 1 aromatic heterocycles. The monoisotopic (exact) mass is 163 g/mol. The smallest absolute Gasteiger partial charge is 0.0843 e. The molecule has 0 aliphatic carbocycles. The molecule has 1 nitrogen and oxygen atoms in total. The maximum absolute atomic E-state index is 4.26. The van der Waals surface area contributed by atoms with Gasteiger partial charge in [0.2, 0.25) is 0 Å². The van der Waals surface area contributed by atoms with Crippen LogP contribution in [0.15, 0.2) is 17.5 Å². The third kappa shape index (κ3) is 0.942. The minimum Gasteiger partial charge on any atom is -0.193 e. The zero-order valence-electron chi connectivity index (χ0n) is 6.59. The fraction of sp³-hybridized carbons (Fsp3) is 0.222. The van der Waals surface area contributed by atoms with Gasteiger partial charge in [0.25, 0.3) is 0 Å². The van der Waals surface area contributed by atoms with Crippen molar-refractivity contribution in [3.63, 3.8) is 0 Å². The molecule has 0 unspecified atom stereocenters. The third-order valence-electron chi connectivity index (χ3n) is 2.08. The van der Waals surface area contributed by atoms with Crippen LogP contribution in [0.5, 0.6) is 0 Å². The molecule has 0 N–H and O–H groups in total. The predicted octanol–water partition coefficient (Wildman–Crippen LogP) is 2.91. The van der Waals surface area contributed by atoms with Crippen LogP contribution in [-0.2, 0) is 0 Å². The summed E-state index contributed by atoms with van der Waals surface area (Å²) in [4.78, 5) is 0. The Morgan fingerprint density at radius 3 is 2.91 bits per heavy atom. The Hall–Kier alpha value is -0.890. The van der Waals surface area contributed by atoms with Gasteiger partial charge in [-0.2, -0.15) is 4.37 Å². The largest absolute Gasteiger partial charge is 0.193 e. The Labute approximate surface area is 69.8 Å². The summed E-state index contributed by atoms with van der Waals surface area (Å²) in [5, 5.41) is 3.41. The molecule has 0 saturated carbocycles. The molecular weight excluding hydrogens is 154 g/mol. The number of aromatic nitrogens is 1. The van der Waals surface area contributed by atoms with Gasteiger partial charge < -0.3 is 0 Å². The summed E-state index contributed by atoms with van der Waals surface area (Å²) >= 11 is 1.53. The summed E-state index contributed by atoms with van der Waals surface area (Å²) in [6.07, 6.45) is 0. The molecule has 1 heterocycles. The lowest BCUT2D eigenvalue weighted by atomic mass is 10.1. The van der Waals surface area contributed by atoms with E-state index in [4.69, 9.17) is 0 Å². The van der Waals surface area contributed by atoms with E-state index >= 15 is 0 Å². The number of aryl methyl sites for hydroxylation is 2. The molecule has 2 aromatic rings. The van der Waals surface area contributed by atoms with E-state index in [0.29, 0.717) is 0 Å². The van der Waals surface area contributed by atoms with Crippen LogP contribution in [0.1, 0.15) is 11.1 Å². The highest BCUT2D eigenvalue weighted by Gasteiger charge is 2.00. The highest BCUT2D eigenvalue weighted by molar-refractivity contribution is 7.04. The summed E-state index contributed by atoms with van der Waals surface area (Å²) < 4.78 is 4.26. The van der Waals surface area contributed by atoms with Crippen molar-refractivity contribution in [1.29, 1.82) is 0 Å². The van der Waals surface area contributed by atoms with Crippen LogP contribution in [0.3, 0.4) is 0 Å². The SMILES string of the molecule is Cc1ccc2nscc2c1C. The third-order valence-corrected chi connectivity index (χ3v) is 2.73. The van der Waals surface area contributed by atoms with Crippen LogP contribution in [0.4, 0.5) is 0 Å². The van der Waals surface area contributed by atoms with Gasteiger partial charge in [-0.25, -0.2) is 0 Å². The molecule has 0 aliphatic rings. The fourth-order valence-electron chi connectivity index (χ4n) is 1.19. The van der Waals surface area contributed by atoms with E-state index in [9.17, 15) is 0 Å². The molecule has 11 heavy (non-hydrogen) atoms. The molecule has 56 valence electrons. The number of fused-ring (bicyclic) bond motifs is 1. The molecular formula is C9H9NS. The second-order valence-corrected chi connectivity index (χ2v) is 3.38. The first kappa shape index (κ1) is 6.80. The van der Waals surface area contributed by atoms with Gasteiger partial charge >= 0.3 is 0 Å². The lowest BCUT2D eigenvalue weighted by molar-refractivity contribution is 1.38. The molecule has 2 rings (SSSR count). The van der Waals surface area contributed by atoms with Crippen molar-refractivity contribution in [1.82, 2.24) is 4.37 Å². The first-order valence-electron chi connectivity index (χ1n) is 3.59. The van der Waals surface area contributed by atoms with Crippen LogP contribution < -0.4 is 0 Å². The standard InChI is InChI=1S/C9H9NS/c1-6-3-4-9-8(7(6)2)5-11-10-9/h3-5H,1-2H3. The Balaban J connectivity index is 2.93. The van der Waals surface area contributed by atoms with Crippen molar-refractivity contribution in [2.24, 2.45) is 0 Å². The predicted molar refractivity (Wildman–Crippen MR) is 49.1 cm³/mol. The number of hydrogen-bond acceptors (Lipinski definition) is 2. The molecule has 0 saturated heterocycles. The van der Waals surface area contributed by atoms with Crippen molar-refractivity contribution in [2.45, 2.75) is 13.8 Å². The maximum atomic E-state index is 4.26. The van der Waals surface area contributed by atoms with Gasteiger partial charge in [-0.1, -0.05) is 6.07 Å².